The Morgan fingerprint density at radius 1 is 1.10 bits per heavy atom. The van der Waals surface area contributed by atoms with Gasteiger partial charge in [0.2, 0.25) is 5.91 Å². The molecule has 2 aliphatic rings. The first kappa shape index (κ1) is 24.8. The number of hydrogen-bond acceptors (Lipinski definition) is 8. The van der Waals surface area contributed by atoms with Crippen LogP contribution in [0.25, 0.3) is 22.6 Å². The zero-order valence-corrected chi connectivity index (χ0v) is 21.5. The predicted molar refractivity (Wildman–Crippen MR) is 146 cm³/mol. The number of primary amides is 1. The van der Waals surface area contributed by atoms with Crippen LogP contribution in [0.15, 0.2) is 60.8 Å². The number of aromatic nitrogens is 4. The minimum atomic E-state index is -0.690. The van der Waals surface area contributed by atoms with Gasteiger partial charge in [-0.15, -0.1) is 0 Å². The van der Waals surface area contributed by atoms with E-state index in [1.54, 1.807) is 36.5 Å². The molecular weight excluding hydrogens is 520 g/mol. The van der Waals surface area contributed by atoms with E-state index in [2.05, 4.69) is 31.0 Å². The summed E-state index contributed by atoms with van der Waals surface area (Å²) in [6.07, 6.45) is 2.39. The fourth-order valence-corrected chi connectivity index (χ4v) is 4.71. The molecule has 2 aromatic carbocycles. The number of nitrogens with one attached hydrogen (secondary N) is 3. The maximum absolute atomic E-state index is 12.0. The van der Waals surface area contributed by atoms with E-state index in [1.807, 2.05) is 22.9 Å². The van der Waals surface area contributed by atoms with Crippen LogP contribution in [0.1, 0.15) is 23.0 Å². The minimum absolute atomic E-state index is 0.0466. The Labute approximate surface area is 228 Å². The molecule has 1 atom stereocenters. The largest absolute Gasteiger partial charge is 0.457 e. The number of carbonyl (C=O) groups excluding carboxylic acids is 2. The molecule has 2 aliphatic heterocycles. The minimum Gasteiger partial charge on any atom is -0.457 e. The lowest BCUT2D eigenvalue weighted by Gasteiger charge is -2.29. The van der Waals surface area contributed by atoms with E-state index in [1.165, 1.54) is 6.07 Å². The molecule has 1 unspecified atom stereocenters. The number of ether oxygens (including phenoxy) is 1. The van der Waals surface area contributed by atoms with Crippen LogP contribution in [0.5, 0.6) is 11.5 Å². The highest BCUT2D eigenvalue weighted by Gasteiger charge is 2.25. The quantitative estimate of drug-likeness (QED) is 0.264. The van der Waals surface area contributed by atoms with Gasteiger partial charge in [0, 0.05) is 48.0 Å². The maximum Gasteiger partial charge on any atom is 0.267 e. The van der Waals surface area contributed by atoms with E-state index < -0.39 is 11.9 Å². The number of hydrogen-bond donors (Lipinski definition) is 4. The third-order valence-corrected chi connectivity index (χ3v) is 6.92. The molecule has 5 N–H and O–H groups in total. The van der Waals surface area contributed by atoms with Gasteiger partial charge >= 0.3 is 0 Å². The fourth-order valence-electron chi connectivity index (χ4n) is 4.54. The monoisotopic (exact) mass is 544 g/mol. The smallest absolute Gasteiger partial charge is 0.267 e. The molecule has 0 radical (unpaired) electrons. The first-order chi connectivity index (χ1) is 18.9. The van der Waals surface area contributed by atoms with Crippen LogP contribution in [-0.4, -0.2) is 57.2 Å². The van der Waals surface area contributed by atoms with Crippen molar-refractivity contribution in [3.8, 4) is 34.1 Å². The molecule has 0 bridgehead atoms. The standard InChI is InChI=1S/C27H25ClN8O3/c28-16-3-6-23(19(11-16)22-8-10-32-36(22)17-13-30-14-17)39-18-4-1-15(2-5-18)26-34-21(25(29)37)12-24(35-26)33-20-7-9-31-27(20)38/h1-6,8,10-12,17,20,30H,7,9,13-14H2,(H2,29,37)(H,31,38)(H,33,34,35). The molecule has 2 fully saturated rings. The van der Waals surface area contributed by atoms with Gasteiger partial charge in [0.05, 0.1) is 11.7 Å². The summed E-state index contributed by atoms with van der Waals surface area (Å²) >= 11 is 6.34. The summed E-state index contributed by atoms with van der Waals surface area (Å²) in [6, 6.07) is 15.9. The molecule has 0 saturated carbocycles. The molecular formula is C27H25ClN8O3. The van der Waals surface area contributed by atoms with Gasteiger partial charge in [-0.25, -0.2) is 9.97 Å². The number of anilines is 1. The molecule has 39 heavy (non-hydrogen) atoms. The zero-order chi connectivity index (χ0) is 26.9. The molecule has 4 aromatic rings. The highest BCUT2D eigenvalue weighted by Crippen LogP contribution is 2.37. The van der Waals surface area contributed by atoms with E-state index in [-0.39, 0.29) is 17.6 Å². The zero-order valence-electron chi connectivity index (χ0n) is 20.7. The molecule has 6 rings (SSSR count). The molecule has 2 aromatic heterocycles. The Morgan fingerprint density at radius 2 is 1.92 bits per heavy atom. The second-order valence-corrected chi connectivity index (χ2v) is 9.78. The highest BCUT2D eigenvalue weighted by atomic mass is 35.5. The second-order valence-electron chi connectivity index (χ2n) is 9.34. The number of rotatable bonds is 8. The van der Waals surface area contributed by atoms with Crippen LogP contribution in [0, 0.1) is 0 Å². The summed E-state index contributed by atoms with van der Waals surface area (Å²) < 4.78 is 8.25. The van der Waals surface area contributed by atoms with Crippen molar-refractivity contribution in [3.05, 3.63) is 71.5 Å². The second kappa shape index (κ2) is 10.4. The Bertz CT molecular complexity index is 1550. The number of nitrogens with two attached hydrogens (primary N) is 1. The van der Waals surface area contributed by atoms with Gasteiger partial charge in [-0.3, -0.25) is 14.3 Å². The fraction of sp³-hybridized carbons (Fsp3) is 0.222. The molecule has 0 spiro atoms. The number of nitrogens with zero attached hydrogens (tertiary/aromatic N) is 4. The number of halogens is 1. The lowest BCUT2D eigenvalue weighted by molar-refractivity contribution is -0.119. The van der Waals surface area contributed by atoms with E-state index in [4.69, 9.17) is 22.1 Å². The van der Waals surface area contributed by atoms with Crippen molar-refractivity contribution in [2.45, 2.75) is 18.5 Å². The van der Waals surface area contributed by atoms with Crippen LogP contribution in [0.2, 0.25) is 5.02 Å². The normalized spacial score (nSPS) is 16.9. The molecule has 12 heteroatoms. The third kappa shape index (κ3) is 5.14. The van der Waals surface area contributed by atoms with E-state index >= 15 is 0 Å². The van der Waals surface area contributed by atoms with Crippen LogP contribution in [0.4, 0.5) is 5.82 Å². The first-order valence-electron chi connectivity index (χ1n) is 12.5. The average Bonchev–Trinajstić information content (AvgIpc) is 3.53. The van der Waals surface area contributed by atoms with Gasteiger partial charge in [0.1, 0.15) is 29.1 Å². The topological polar surface area (TPSA) is 149 Å². The van der Waals surface area contributed by atoms with Gasteiger partial charge in [-0.1, -0.05) is 11.6 Å². The van der Waals surface area contributed by atoms with E-state index in [0.29, 0.717) is 46.7 Å². The van der Waals surface area contributed by atoms with Gasteiger partial charge in [-0.2, -0.15) is 5.10 Å². The van der Waals surface area contributed by atoms with Crippen molar-refractivity contribution in [1.29, 1.82) is 0 Å². The van der Waals surface area contributed by atoms with Gasteiger partial charge in [0.15, 0.2) is 5.82 Å². The summed E-state index contributed by atoms with van der Waals surface area (Å²) in [5.74, 6) is 1.06. The van der Waals surface area contributed by atoms with Crippen molar-refractivity contribution in [1.82, 2.24) is 30.4 Å². The van der Waals surface area contributed by atoms with Gasteiger partial charge < -0.3 is 26.4 Å². The molecule has 4 heterocycles. The van der Waals surface area contributed by atoms with Crippen LogP contribution in [0.3, 0.4) is 0 Å². The van der Waals surface area contributed by atoms with Gasteiger partial charge in [-0.05, 0) is 55.0 Å². The first-order valence-corrected chi connectivity index (χ1v) is 12.9. The summed E-state index contributed by atoms with van der Waals surface area (Å²) in [5.41, 5.74) is 7.96. The number of benzene rings is 2. The Morgan fingerprint density at radius 3 is 2.62 bits per heavy atom. The number of amides is 2. The maximum atomic E-state index is 12.0. The average molecular weight is 545 g/mol. The van der Waals surface area contributed by atoms with Crippen LogP contribution < -0.4 is 26.4 Å². The van der Waals surface area contributed by atoms with Crippen LogP contribution >= 0.6 is 11.6 Å². The number of carbonyl (C=O) groups is 2. The van der Waals surface area contributed by atoms with Crippen molar-refractivity contribution >= 4 is 29.2 Å². The molecule has 2 amide bonds. The lowest BCUT2D eigenvalue weighted by atomic mass is 10.1. The summed E-state index contributed by atoms with van der Waals surface area (Å²) in [6.45, 7) is 2.29. The third-order valence-electron chi connectivity index (χ3n) is 6.68. The van der Waals surface area contributed by atoms with E-state index in [0.717, 1.165) is 24.3 Å². The summed E-state index contributed by atoms with van der Waals surface area (Å²) in [7, 11) is 0. The van der Waals surface area contributed by atoms with Crippen LogP contribution in [-0.2, 0) is 4.79 Å². The SMILES string of the molecule is NC(=O)c1cc(NC2CCNC2=O)nc(-c2ccc(Oc3ccc(Cl)cc3-c3ccnn3C3CNC3)cc2)n1. The Kier molecular flexibility index (Phi) is 6.59. The van der Waals surface area contributed by atoms with Crippen molar-refractivity contribution < 1.29 is 14.3 Å². The van der Waals surface area contributed by atoms with Crippen molar-refractivity contribution in [3.63, 3.8) is 0 Å². The molecule has 0 aliphatic carbocycles. The van der Waals surface area contributed by atoms with Crippen molar-refractivity contribution in [2.75, 3.05) is 25.0 Å². The molecule has 198 valence electrons. The van der Waals surface area contributed by atoms with Crippen molar-refractivity contribution in [2.24, 2.45) is 5.73 Å². The van der Waals surface area contributed by atoms with Gasteiger partial charge in [0.25, 0.3) is 5.91 Å². The highest BCUT2D eigenvalue weighted by molar-refractivity contribution is 6.31. The Hall–Kier alpha value is -4.48. The Balaban J connectivity index is 1.27. The lowest BCUT2D eigenvalue weighted by Crippen LogP contribution is -2.44. The molecule has 11 nitrogen and oxygen atoms in total. The predicted octanol–water partition coefficient (Wildman–Crippen LogP) is 3.00. The molecule has 2 saturated heterocycles. The van der Waals surface area contributed by atoms with E-state index in [9.17, 15) is 9.59 Å². The summed E-state index contributed by atoms with van der Waals surface area (Å²) in [5, 5.41) is 14.2. The summed E-state index contributed by atoms with van der Waals surface area (Å²) in [4.78, 5) is 32.7.